The fourth-order valence-corrected chi connectivity index (χ4v) is 2.06. The highest BCUT2D eigenvalue weighted by Gasteiger charge is 2.13. The van der Waals surface area contributed by atoms with Crippen molar-refractivity contribution in [3.8, 4) is 0 Å². The Morgan fingerprint density at radius 3 is 2.52 bits per heavy atom. The first kappa shape index (κ1) is 16.6. The van der Waals surface area contributed by atoms with Crippen LogP contribution in [0.1, 0.15) is 26.3 Å². The van der Waals surface area contributed by atoms with E-state index in [1.807, 2.05) is 0 Å². The van der Waals surface area contributed by atoms with Gasteiger partial charge in [0.15, 0.2) is 5.11 Å². The Hall–Kier alpha value is -2.80. The normalized spacial score (nSPS) is 10.0. The second-order valence-corrected chi connectivity index (χ2v) is 5.13. The molecule has 5 nitrogen and oxygen atoms in total. The number of amides is 1. The Kier molecular flexibility index (Phi) is 5.02. The summed E-state index contributed by atoms with van der Waals surface area (Å²) in [5.74, 6) is -2.42. The molecule has 0 aromatic heterocycles. The number of carboxylic acid groups (broad SMARTS) is 1. The van der Waals surface area contributed by atoms with Crippen molar-refractivity contribution < 1.29 is 19.1 Å². The van der Waals surface area contributed by atoms with E-state index in [1.54, 1.807) is 13.0 Å². The first-order valence-corrected chi connectivity index (χ1v) is 7.00. The largest absolute Gasteiger partial charge is 0.478 e. The van der Waals surface area contributed by atoms with E-state index in [-0.39, 0.29) is 16.2 Å². The van der Waals surface area contributed by atoms with Gasteiger partial charge in [-0.3, -0.25) is 10.1 Å². The SMILES string of the molecule is Cc1ccc(C(=O)O)cc1NC(=S)NC(=O)c1ccccc1F. The van der Waals surface area contributed by atoms with Crippen LogP contribution in [-0.4, -0.2) is 22.1 Å². The molecule has 1 amide bonds. The maximum atomic E-state index is 13.5. The van der Waals surface area contributed by atoms with E-state index >= 15 is 0 Å². The molecule has 0 unspecified atom stereocenters. The number of carboxylic acids is 1. The topological polar surface area (TPSA) is 78.4 Å². The predicted molar refractivity (Wildman–Crippen MR) is 88.2 cm³/mol. The van der Waals surface area contributed by atoms with Crippen LogP contribution in [0.4, 0.5) is 10.1 Å². The highest BCUT2D eigenvalue weighted by Crippen LogP contribution is 2.17. The van der Waals surface area contributed by atoms with Gasteiger partial charge in [-0.05, 0) is 49.0 Å². The van der Waals surface area contributed by atoms with E-state index < -0.39 is 17.7 Å². The van der Waals surface area contributed by atoms with Crippen molar-refractivity contribution in [3.63, 3.8) is 0 Å². The van der Waals surface area contributed by atoms with Gasteiger partial charge in [0.05, 0.1) is 11.1 Å². The number of hydrogen-bond donors (Lipinski definition) is 3. The number of hydrogen-bond acceptors (Lipinski definition) is 3. The molecule has 2 aromatic carbocycles. The molecule has 0 bridgehead atoms. The molecular weight excluding hydrogens is 319 g/mol. The lowest BCUT2D eigenvalue weighted by Crippen LogP contribution is -2.34. The minimum atomic E-state index is -1.07. The van der Waals surface area contributed by atoms with Crippen LogP contribution in [0.5, 0.6) is 0 Å². The fraction of sp³-hybridized carbons (Fsp3) is 0.0625. The summed E-state index contributed by atoms with van der Waals surface area (Å²) in [5, 5.41) is 14.0. The number of thiocarbonyl (C=S) groups is 1. The van der Waals surface area contributed by atoms with E-state index in [1.165, 1.54) is 36.4 Å². The van der Waals surface area contributed by atoms with Crippen molar-refractivity contribution in [1.29, 1.82) is 0 Å². The Morgan fingerprint density at radius 1 is 1.17 bits per heavy atom. The summed E-state index contributed by atoms with van der Waals surface area (Å²) in [5.41, 5.74) is 1.15. The van der Waals surface area contributed by atoms with Crippen LogP contribution in [0.25, 0.3) is 0 Å². The summed E-state index contributed by atoms with van der Waals surface area (Å²) < 4.78 is 13.5. The lowest BCUT2D eigenvalue weighted by atomic mass is 10.1. The van der Waals surface area contributed by atoms with Gasteiger partial charge in [-0.2, -0.15) is 0 Å². The molecule has 0 atom stereocenters. The summed E-state index contributed by atoms with van der Waals surface area (Å²) in [4.78, 5) is 22.9. The molecule has 0 aliphatic rings. The minimum Gasteiger partial charge on any atom is -0.478 e. The van der Waals surface area contributed by atoms with Gasteiger partial charge >= 0.3 is 5.97 Å². The molecule has 3 N–H and O–H groups in total. The maximum absolute atomic E-state index is 13.5. The minimum absolute atomic E-state index is 0.0520. The summed E-state index contributed by atoms with van der Waals surface area (Å²) in [6, 6.07) is 10.0. The molecule has 0 heterocycles. The van der Waals surface area contributed by atoms with Gasteiger partial charge in [0.25, 0.3) is 5.91 Å². The van der Waals surface area contributed by atoms with Crippen molar-refractivity contribution in [2.45, 2.75) is 6.92 Å². The van der Waals surface area contributed by atoms with Gasteiger partial charge in [0.2, 0.25) is 0 Å². The van der Waals surface area contributed by atoms with Gasteiger partial charge in [0, 0.05) is 5.69 Å². The summed E-state index contributed by atoms with van der Waals surface area (Å²) >= 11 is 5.01. The number of carbonyl (C=O) groups excluding carboxylic acids is 1. The van der Waals surface area contributed by atoms with Crippen molar-refractivity contribution in [3.05, 3.63) is 65.0 Å². The number of nitrogens with one attached hydrogen (secondary N) is 2. The Morgan fingerprint density at radius 2 is 1.87 bits per heavy atom. The van der Waals surface area contributed by atoms with Gasteiger partial charge < -0.3 is 10.4 Å². The number of halogens is 1. The average Bonchev–Trinajstić information content (AvgIpc) is 2.49. The molecule has 0 aliphatic carbocycles. The van der Waals surface area contributed by atoms with E-state index in [9.17, 15) is 14.0 Å². The Balaban J connectivity index is 2.11. The molecule has 2 aromatic rings. The molecule has 23 heavy (non-hydrogen) atoms. The predicted octanol–water partition coefficient (Wildman–Crippen LogP) is 2.96. The number of benzene rings is 2. The Bertz CT molecular complexity index is 793. The number of aromatic carboxylic acids is 1. The van der Waals surface area contributed by atoms with Crippen molar-refractivity contribution >= 4 is 34.9 Å². The fourth-order valence-electron chi connectivity index (χ4n) is 1.86. The summed E-state index contributed by atoms with van der Waals surface area (Å²) in [6.45, 7) is 1.76. The van der Waals surface area contributed by atoms with Crippen molar-refractivity contribution in [1.82, 2.24) is 5.32 Å². The van der Waals surface area contributed by atoms with Crippen LogP contribution in [0.15, 0.2) is 42.5 Å². The molecule has 0 fully saturated rings. The third-order valence-corrected chi connectivity index (χ3v) is 3.28. The van der Waals surface area contributed by atoms with Crippen LogP contribution < -0.4 is 10.6 Å². The molecule has 0 saturated carbocycles. The number of rotatable bonds is 3. The first-order chi connectivity index (χ1) is 10.9. The van der Waals surface area contributed by atoms with Gasteiger partial charge in [0.1, 0.15) is 5.82 Å². The molecule has 0 radical (unpaired) electrons. The zero-order valence-corrected chi connectivity index (χ0v) is 12.9. The number of carbonyl (C=O) groups is 2. The van der Waals surface area contributed by atoms with Crippen LogP contribution in [-0.2, 0) is 0 Å². The number of anilines is 1. The van der Waals surface area contributed by atoms with Gasteiger partial charge in [-0.25, -0.2) is 9.18 Å². The molecular formula is C16H13FN2O3S. The van der Waals surface area contributed by atoms with Gasteiger partial charge in [-0.15, -0.1) is 0 Å². The lowest BCUT2D eigenvalue weighted by Gasteiger charge is -2.12. The molecule has 0 spiro atoms. The van der Waals surface area contributed by atoms with E-state index in [2.05, 4.69) is 10.6 Å². The van der Waals surface area contributed by atoms with E-state index in [0.29, 0.717) is 5.69 Å². The van der Waals surface area contributed by atoms with E-state index in [4.69, 9.17) is 17.3 Å². The first-order valence-electron chi connectivity index (χ1n) is 6.59. The maximum Gasteiger partial charge on any atom is 0.335 e. The monoisotopic (exact) mass is 332 g/mol. The highest BCUT2D eigenvalue weighted by atomic mass is 32.1. The standard InChI is InChI=1S/C16H13FN2O3S/c1-9-6-7-10(15(21)22)8-13(9)18-16(23)19-14(20)11-4-2-3-5-12(11)17/h2-8H,1H3,(H,21,22)(H2,18,19,20,23). The lowest BCUT2D eigenvalue weighted by molar-refractivity contribution is 0.0696. The third-order valence-electron chi connectivity index (χ3n) is 3.08. The highest BCUT2D eigenvalue weighted by molar-refractivity contribution is 7.80. The third kappa shape index (κ3) is 4.10. The van der Waals surface area contributed by atoms with Crippen molar-refractivity contribution in [2.75, 3.05) is 5.32 Å². The molecule has 0 aliphatic heterocycles. The second kappa shape index (κ2) is 6.97. The number of aryl methyl sites for hydroxylation is 1. The van der Waals surface area contributed by atoms with Crippen LogP contribution in [0.3, 0.4) is 0 Å². The van der Waals surface area contributed by atoms with Gasteiger partial charge in [-0.1, -0.05) is 18.2 Å². The smallest absolute Gasteiger partial charge is 0.335 e. The summed E-state index contributed by atoms with van der Waals surface area (Å²) in [6.07, 6.45) is 0. The Labute approximate surface area is 137 Å². The molecule has 0 saturated heterocycles. The van der Waals surface area contributed by atoms with Crippen LogP contribution in [0, 0.1) is 12.7 Å². The van der Waals surface area contributed by atoms with Crippen LogP contribution in [0.2, 0.25) is 0 Å². The van der Waals surface area contributed by atoms with Crippen molar-refractivity contribution in [2.24, 2.45) is 0 Å². The van der Waals surface area contributed by atoms with Crippen LogP contribution >= 0.6 is 12.2 Å². The molecule has 118 valence electrons. The average molecular weight is 332 g/mol. The quantitative estimate of drug-likeness (QED) is 0.753. The molecule has 7 heteroatoms. The zero-order chi connectivity index (χ0) is 17.0. The second-order valence-electron chi connectivity index (χ2n) is 4.72. The van der Waals surface area contributed by atoms with E-state index in [0.717, 1.165) is 5.56 Å². The summed E-state index contributed by atoms with van der Waals surface area (Å²) in [7, 11) is 0. The molecule has 2 rings (SSSR count). The zero-order valence-electron chi connectivity index (χ0n) is 12.1.